The lowest BCUT2D eigenvalue weighted by molar-refractivity contribution is 0.398. The van der Waals surface area contributed by atoms with Crippen LogP contribution < -0.4 is 14.4 Å². The third-order valence-corrected chi connectivity index (χ3v) is 3.89. The number of aromatic nitrogens is 2. The van der Waals surface area contributed by atoms with E-state index in [4.69, 9.17) is 9.47 Å². The number of hydrogen-bond donors (Lipinski definition) is 0. The number of ether oxygens (including phenoxy) is 2. The fourth-order valence-corrected chi connectivity index (χ4v) is 2.46. The van der Waals surface area contributed by atoms with E-state index in [2.05, 4.69) is 14.9 Å². The van der Waals surface area contributed by atoms with E-state index < -0.39 is 0 Å². The highest BCUT2D eigenvalue weighted by Gasteiger charge is 2.26. The van der Waals surface area contributed by atoms with Crippen LogP contribution in [0, 0.1) is 0 Å². The van der Waals surface area contributed by atoms with Crippen LogP contribution in [0.25, 0.3) is 0 Å². The van der Waals surface area contributed by atoms with Gasteiger partial charge in [0.2, 0.25) is 0 Å². The molecular formula is C17H21N3O2. The summed E-state index contributed by atoms with van der Waals surface area (Å²) in [6.45, 7) is 0.696. The van der Waals surface area contributed by atoms with Crippen molar-refractivity contribution in [2.45, 2.75) is 25.3 Å². The highest BCUT2D eigenvalue weighted by atomic mass is 16.5. The molecule has 1 aromatic heterocycles. The van der Waals surface area contributed by atoms with Gasteiger partial charge in [0.25, 0.3) is 0 Å². The summed E-state index contributed by atoms with van der Waals surface area (Å²) in [5.41, 5.74) is 1.07. The molecule has 1 aromatic carbocycles. The summed E-state index contributed by atoms with van der Waals surface area (Å²) < 4.78 is 10.7. The SMILES string of the molecule is COc1ccc(OC)c(CN(C)c2ccnc(C3CC3)n2)c1. The predicted molar refractivity (Wildman–Crippen MR) is 85.7 cm³/mol. The van der Waals surface area contributed by atoms with Crippen molar-refractivity contribution in [1.82, 2.24) is 9.97 Å². The molecule has 0 saturated heterocycles. The highest BCUT2D eigenvalue weighted by Crippen LogP contribution is 2.38. The molecule has 1 aliphatic rings. The first-order chi connectivity index (χ1) is 10.7. The fraction of sp³-hybridized carbons (Fsp3) is 0.412. The maximum Gasteiger partial charge on any atom is 0.133 e. The van der Waals surface area contributed by atoms with Crippen molar-refractivity contribution in [1.29, 1.82) is 0 Å². The minimum Gasteiger partial charge on any atom is -0.497 e. The minimum absolute atomic E-state index is 0.555. The van der Waals surface area contributed by atoms with E-state index in [1.54, 1.807) is 14.2 Å². The standard InChI is InChI=1S/C17H21N3O2/c1-20(16-8-9-18-17(19-16)12-4-5-12)11-13-10-14(21-2)6-7-15(13)22-3/h6-10,12H,4-5,11H2,1-3H3. The summed E-state index contributed by atoms with van der Waals surface area (Å²) in [5.74, 6) is 4.12. The second-order valence-electron chi connectivity index (χ2n) is 5.58. The van der Waals surface area contributed by atoms with Crippen LogP contribution in [0.4, 0.5) is 5.82 Å². The number of anilines is 1. The van der Waals surface area contributed by atoms with Crippen LogP contribution in [-0.2, 0) is 6.54 Å². The Hall–Kier alpha value is -2.30. The third kappa shape index (κ3) is 3.13. The van der Waals surface area contributed by atoms with E-state index in [1.165, 1.54) is 12.8 Å². The normalized spacial score (nSPS) is 13.8. The molecule has 0 spiro atoms. The molecule has 3 rings (SSSR count). The van der Waals surface area contributed by atoms with Crippen LogP contribution >= 0.6 is 0 Å². The van der Waals surface area contributed by atoms with Crippen molar-refractivity contribution < 1.29 is 9.47 Å². The number of nitrogens with zero attached hydrogens (tertiary/aromatic N) is 3. The fourth-order valence-electron chi connectivity index (χ4n) is 2.46. The second kappa shape index (κ2) is 6.22. The summed E-state index contributed by atoms with van der Waals surface area (Å²) in [4.78, 5) is 11.1. The molecule has 0 bridgehead atoms. The Morgan fingerprint density at radius 1 is 1.18 bits per heavy atom. The molecule has 0 radical (unpaired) electrons. The zero-order valence-electron chi connectivity index (χ0n) is 13.2. The molecule has 5 nitrogen and oxygen atoms in total. The van der Waals surface area contributed by atoms with E-state index >= 15 is 0 Å². The van der Waals surface area contributed by atoms with Crippen molar-refractivity contribution in [3.05, 3.63) is 41.9 Å². The highest BCUT2D eigenvalue weighted by molar-refractivity contribution is 5.45. The Morgan fingerprint density at radius 2 is 2.00 bits per heavy atom. The molecule has 22 heavy (non-hydrogen) atoms. The summed E-state index contributed by atoms with van der Waals surface area (Å²) in [6.07, 6.45) is 4.25. The smallest absolute Gasteiger partial charge is 0.133 e. The first-order valence-electron chi connectivity index (χ1n) is 7.46. The van der Waals surface area contributed by atoms with Crippen LogP contribution in [0.1, 0.15) is 30.1 Å². The second-order valence-corrected chi connectivity index (χ2v) is 5.58. The van der Waals surface area contributed by atoms with Crippen molar-refractivity contribution in [2.75, 3.05) is 26.2 Å². The van der Waals surface area contributed by atoms with Gasteiger partial charge in [-0.15, -0.1) is 0 Å². The van der Waals surface area contributed by atoms with Crippen LogP contribution in [0.5, 0.6) is 11.5 Å². The van der Waals surface area contributed by atoms with Crippen molar-refractivity contribution >= 4 is 5.82 Å². The number of methoxy groups -OCH3 is 2. The zero-order valence-corrected chi connectivity index (χ0v) is 13.2. The van der Waals surface area contributed by atoms with E-state index in [0.29, 0.717) is 12.5 Å². The monoisotopic (exact) mass is 299 g/mol. The van der Waals surface area contributed by atoms with Crippen molar-refractivity contribution in [3.63, 3.8) is 0 Å². The Balaban J connectivity index is 1.81. The van der Waals surface area contributed by atoms with Gasteiger partial charge in [-0.2, -0.15) is 0 Å². The molecule has 1 heterocycles. The quantitative estimate of drug-likeness (QED) is 0.820. The lowest BCUT2D eigenvalue weighted by Gasteiger charge is -2.20. The maximum absolute atomic E-state index is 5.44. The average molecular weight is 299 g/mol. The predicted octanol–water partition coefficient (Wildman–Crippen LogP) is 3.01. The number of benzene rings is 1. The average Bonchev–Trinajstić information content (AvgIpc) is 3.40. The topological polar surface area (TPSA) is 47.5 Å². The molecule has 0 atom stereocenters. The van der Waals surface area contributed by atoms with Crippen LogP contribution in [0.3, 0.4) is 0 Å². The molecular weight excluding hydrogens is 278 g/mol. The van der Waals surface area contributed by atoms with Gasteiger partial charge in [-0.3, -0.25) is 0 Å². The van der Waals surface area contributed by atoms with Gasteiger partial charge >= 0.3 is 0 Å². The zero-order chi connectivity index (χ0) is 15.5. The molecule has 0 aliphatic heterocycles. The van der Waals surface area contributed by atoms with E-state index in [0.717, 1.165) is 28.7 Å². The van der Waals surface area contributed by atoms with Gasteiger partial charge in [0.15, 0.2) is 0 Å². The summed E-state index contributed by atoms with van der Waals surface area (Å²) in [6, 6.07) is 7.77. The molecule has 5 heteroatoms. The van der Waals surface area contributed by atoms with Gasteiger partial charge in [0.1, 0.15) is 23.1 Å². The van der Waals surface area contributed by atoms with Crippen LogP contribution in [0.15, 0.2) is 30.5 Å². The van der Waals surface area contributed by atoms with E-state index in [-0.39, 0.29) is 0 Å². The summed E-state index contributed by atoms with van der Waals surface area (Å²) in [7, 11) is 5.38. The molecule has 1 fully saturated rings. The van der Waals surface area contributed by atoms with Gasteiger partial charge in [-0.1, -0.05) is 0 Å². The Bertz CT molecular complexity index is 656. The Morgan fingerprint density at radius 3 is 2.68 bits per heavy atom. The number of hydrogen-bond acceptors (Lipinski definition) is 5. The molecule has 2 aromatic rings. The third-order valence-electron chi connectivity index (χ3n) is 3.89. The first kappa shape index (κ1) is 14.6. The van der Waals surface area contributed by atoms with E-state index in [9.17, 15) is 0 Å². The lowest BCUT2D eigenvalue weighted by atomic mass is 10.1. The van der Waals surface area contributed by atoms with Gasteiger partial charge in [-0.25, -0.2) is 9.97 Å². The lowest BCUT2D eigenvalue weighted by Crippen LogP contribution is -2.19. The van der Waals surface area contributed by atoms with Gasteiger partial charge < -0.3 is 14.4 Å². The van der Waals surface area contributed by atoms with Gasteiger partial charge in [0.05, 0.1) is 14.2 Å². The number of rotatable bonds is 6. The molecule has 1 saturated carbocycles. The minimum atomic E-state index is 0.555. The first-order valence-corrected chi connectivity index (χ1v) is 7.46. The molecule has 116 valence electrons. The largest absolute Gasteiger partial charge is 0.497 e. The maximum atomic E-state index is 5.44. The summed E-state index contributed by atoms with van der Waals surface area (Å²) >= 11 is 0. The molecule has 0 unspecified atom stereocenters. The Labute approximate surface area is 130 Å². The van der Waals surface area contributed by atoms with Crippen LogP contribution in [0.2, 0.25) is 0 Å². The molecule has 1 aliphatic carbocycles. The van der Waals surface area contributed by atoms with Gasteiger partial charge in [-0.05, 0) is 37.1 Å². The van der Waals surface area contributed by atoms with Crippen molar-refractivity contribution in [2.24, 2.45) is 0 Å². The van der Waals surface area contributed by atoms with Crippen molar-refractivity contribution in [3.8, 4) is 11.5 Å². The summed E-state index contributed by atoms with van der Waals surface area (Å²) in [5, 5.41) is 0. The Kier molecular flexibility index (Phi) is 4.13. The molecule has 0 amide bonds. The van der Waals surface area contributed by atoms with E-state index in [1.807, 2.05) is 37.5 Å². The van der Waals surface area contributed by atoms with Crippen LogP contribution in [-0.4, -0.2) is 31.2 Å². The molecule has 0 N–H and O–H groups in total. The van der Waals surface area contributed by atoms with Gasteiger partial charge in [0, 0.05) is 31.3 Å².